The Bertz CT molecular complexity index is 236. The lowest BCUT2D eigenvalue weighted by atomic mass is 10.1. The first-order valence-corrected chi connectivity index (χ1v) is 4.39. The molecule has 0 aliphatic carbocycles. The van der Waals surface area contributed by atoms with E-state index in [-0.39, 0.29) is 6.04 Å². The number of nitrogens with two attached hydrogens (primary N) is 1. The van der Waals surface area contributed by atoms with Gasteiger partial charge < -0.3 is 16.2 Å². The summed E-state index contributed by atoms with van der Waals surface area (Å²) >= 11 is 0. The van der Waals surface area contributed by atoms with Crippen molar-refractivity contribution in [3.8, 4) is 0 Å². The molecule has 0 saturated carbocycles. The highest BCUT2D eigenvalue weighted by atomic mass is 16.3. The summed E-state index contributed by atoms with van der Waals surface area (Å²) < 4.78 is 0. The molecule has 0 saturated heterocycles. The molecule has 0 aromatic heterocycles. The number of hydrogen-bond donors (Lipinski definition) is 3. The molecule has 0 bridgehead atoms. The van der Waals surface area contributed by atoms with Crippen LogP contribution in [0.3, 0.4) is 0 Å². The molecule has 0 fully saturated rings. The Kier molecular flexibility index (Phi) is 3.89. The lowest BCUT2D eigenvalue weighted by molar-refractivity contribution is 0.137. The van der Waals surface area contributed by atoms with Gasteiger partial charge in [-0.1, -0.05) is 30.3 Å². The van der Waals surface area contributed by atoms with Crippen molar-refractivity contribution in [1.82, 2.24) is 5.32 Å². The topological polar surface area (TPSA) is 58.3 Å². The van der Waals surface area contributed by atoms with Crippen molar-refractivity contribution in [2.45, 2.75) is 18.7 Å². The van der Waals surface area contributed by atoms with Gasteiger partial charge in [-0.15, -0.1) is 0 Å². The largest absolute Gasteiger partial charge is 0.377 e. The molecule has 0 heterocycles. The predicted octanol–water partition coefficient (Wildman–Crippen LogP) is 0.0942. The van der Waals surface area contributed by atoms with Crippen LogP contribution in [-0.2, 0) is 6.42 Å². The fourth-order valence-electron chi connectivity index (χ4n) is 1.26. The van der Waals surface area contributed by atoms with Crippen molar-refractivity contribution in [2.75, 3.05) is 7.05 Å². The van der Waals surface area contributed by atoms with E-state index in [2.05, 4.69) is 5.32 Å². The van der Waals surface area contributed by atoms with E-state index in [0.717, 1.165) is 6.42 Å². The van der Waals surface area contributed by atoms with Gasteiger partial charge in [0.2, 0.25) is 0 Å². The molecule has 2 atom stereocenters. The lowest BCUT2D eigenvalue weighted by Gasteiger charge is -2.18. The zero-order chi connectivity index (χ0) is 9.68. The van der Waals surface area contributed by atoms with Gasteiger partial charge in [0.15, 0.2) is 0 Å². The monoisotopic (exact) mass is 180 g/mol. The van der Waals surface area contributed by atoms with E-state index in [0.29, 0.717) is 0 Å². The number of rotatable bonds is 4. The molecule has 3 nitrogen and oxygen atoms in total. The van der Waals surface area contributed by atoms with Crippen molar-refractivity contribution >= 4 is 0 Å². The van der Waals surface area contributed by atoms with Gasteiger partial charge in [0.25, 0.3) is 0 Å². The Balaban J connectivity index is 2.57. The highest BCUT2D eigenvalue weighted by molar-refractivity contribution is 5.16. The van der Waals surface area contributed by atoms with Crippen LogP contribution in [0.2, 0.25) is 0 Å². The summed E-state index contributed by atoms with van der Waals surface area (Å²) in [5.74, 6) is 0. The van der Waals surface area contributed by atoms with Gasteiger partial charge in [-0.05, 0) is 19.0 Å². The van der Waals surface area contributed by atoms with Gasteiger partial charge >= 0.3 is 0 Å². The number of likely N-dealkylation sites (N-methyl/N-ethyl adjacent to an activating group) is 1. The van der Waals surface area contributed by atoms with Crippen LogP contribution in [0.4, 0.5) is 0 Å². The van der Waals surface area contributed by atoms with E-state index >= 15 is 0 Å². The van der Waals surface area contributed by atoms with Crippen LogP contribution < -0.4 is 11.1 Å². The van der Waals surface area contributed by atoms with E-state index in [1.165, 1.54) is 5.56 Å². The Morgan fingerprint density at radius 1 is 1.38 bits per heavy atom. The minimum absolute atomic E-state index is 0.0811. The summed E-state index contributed by atoms with van der Waals surface area (Å²) in [5.41, 5.74) is 6.56. The number of hydrogen-bond acceptors (Lipinski definition) is 3. The lowest BCUT2D eigenvalue weighted by Crippen LogP contribution is -2.44. The second-order valence-corrected chi connectivity index (χ2v) is 3.08. The van der Waals surface area contributed by atoms with Crippen molar-refractivity contribution in [2.24, 2.45) is 5.73 Å². The van der Waals surface area contributed by atoms with Crippen LogP contribution in [0.1, 0.15) is 5.56 Å². The van der Waals surface area contributed by atoms with E-state index in [4.69, 9.17) is 5.73 Å². The molecule has 0 aliphatic rings. The van der Waals surface area contributed by atoms with Crippen LogP contribution in [0, 0.1) is 0 Å². The second-order valence-electron chi connectivity index (χ2n) is 3.08. The molecule has 0 radical (unpaired) electrons. The van der Waals surface area contributed by atoms with E-state index in [1.807, 2.05) is 30.3 Å². The molecular weight excluding hydrogens is 164 g/mol. The molecule has 2 unspecified atom stereocenters. The van der Waals surface area contributed by atoms with Crippen molar-refractivity contribution in [3.05, 3.63) is 35.9 Å². The van der Waals surface area contributed by atoms with Crippen LogP contribution in [0.15, 0.2) is 30.3 Å². The zero-order valence-corrected chi connectivity index (χ0v) is 7.77. The van der Waals surface area contributed by atoms with Gasteiger partial charge in [-0.3, -0.25) is 0 Å². The molecule has 4 N–H and O–H groups in total. The van der Waals surface area contributed by atoms with Crippen LogP contribution in [0.25, 0.3) is 0 Å². The molecule has 13 heavy (non-hydrogen) atoms. The van der Waals surface area contributed by atoms with Gasteiger partial charge in [-0.25, -0.2) is 0 Å². The number of nitrogens with one attached hydrogen (secondary N) is 1. The standard InChI is InChI=1S/C10H16N2O/c1-12-9(10(11)13)7-8-5-3-2-4-6-8/h2-6,9-10,12-13H,7,11H2,1H3. The van der Waals surface area contributed by atoms with Gasteiger partial charge in [0.1, 0.15) is 6.23 Å². The fraction of sp³-hybridized carbons (Fsp3) is 0.400. The molecule has 1 rings (SSSR count). The number of benzene rings is 1. The van der Waals surface area contributed by atoms with Crippen LogP contribution in [0.5, 0.6) is 0 Å². The Hall–Kier alpha value is -0.900. The van der Waals surface area contributed by atoms with Crippen molar-refractivity contribution < 1.29 is 5.11 Å². The third-order valence-corrected chi connectivity index (χ3v) is 2.08. The molecule has 0 aliphatic heterocycles. The second kappa shape index (κ2) is 4.97. The minimum atomic E-state index is -0.815. The third kappa shape index (κ3) is 3.14. The maximum Gasteiger partial charge on any atom is 0.118 e. The molecule has 0 spiro atoms. The first kappa shape index (κ1) is 10.2. The number of aliphatic hydroxyl groups is 1. The van der Waals surface area contributed by atoms with E-state index < -0.39 is 6.23 Å². The molecule has 3 heteroatoms. The SMILES string of the molecule is CNC(Cc1ccccc1)C(N)O. The summed E-state index contributed by atoms with van der Waals surface area (Å²) in [4.78, 5) is 0. The van der Waals surface area contributed by atoms with Gasteiger partial charge in [0, 0.05) is 0 Å². The summed E-state index contributed by atoms with van der Waals surface area (Å²) in [5, 5.41) is 12.2. The summed E-state index contributed by atoms with van der Waals surface area (Å²) in [6, 6.07) is 9.88. The Morgan fingerprint density at radius 3 is 2.46 bits per heavy atom. The molecule has 0 amide bonds. The average Bonchev–Trinajstić information content (AvgIpc) is 2.15. The molecular formula is C10H16N2O. The smallest absolute Gasteiger partial charge is 0.118 e. The normalized spacial score (nSPS) is 15.3. The predicted molar refractivity (Wildman–Crippen MR) is 53.2 cm³/mol. The van der Waals surface area contributed by atoms with Crippen LogP contribution >= 0.6 is 0 Å². The first-order chi connectivity index (χ1) is 6.24. The third-order valence-electron chi connectivity index (χ3n) is 2.08. The highest BCUT2D eigenvalue weighted by Gasteiger charge is 2.12. The quantitative estimate of drug-likeness (QED) is 0.576. The Morgan fingerprint density at radius 2 is 2.00 bits per heavy atom. The maximum absolute atomic E-state index is 9.19. The highest BCUT2D eigenvalue weighted by Crippen LogP contribution is 2.03. The van der Waals surface area contributed by atoms with Gasteiger partial charge in [0.05, 0.1) is 6.04 Å². The van der Waals surface area contributed by atoms with E-state index in [9.17, 15) is 5.11 Å². The minimum Gasteiger partial charge on any atom is -0.377 e. The fourth-order valence-corrected chi connectivity index (χ4v) is 1.26. The maximum atomic E-state index is 9.19. The summed E-state index contributed by atoms with van der Waals surface area (Å²) in [6.07, 6.45) is -0.0696. The first-order valence-electron chi connectivity index (χ1n) is 4.39. The molecule has 1 aromatic carbocycles. The molecule has 72 valence electrons. The zero-order valence-electron chi connectivity index (χ0n) is 7.77. The van der Waals surface area contributed by atoms with Crippen molar-refractivity contribution in [1.29, 1.82) is 0 Å². The van der Waals surface area contributed by atoms with Gasteiger partial charge in [-0.2, -0.15) is 0 Å². The number of aliphatic hydroxyl groups excluding tert-OH is 1. The van der Waals surface area contributed by atoms with Crippen molar-refractivity contribution in [3.63, 3.8) is 0 Å². The summed E-state index contributed by atoms with van der Waals surface area (Å²) in [7, 11) is 1.80. The Labute approximate surface area is 78.6 Å². The summed E-state index contributed by atoms with van der Waals surface area (Å²) in [6.45, 7) is 0. The van der Waals surface area contributed by atoms with E-state index in [1.54, 1.807) is 7.05 Å². The molecule has 1 aromatic rings. The average molecular weight is 180 g/mol. The van der Waals surface area contributed by atoms with Crippen LogP contribution in [-0.4, -0.2) is 24.4 Å².